The van der Waals surface area contributed by atoms with Gasteiger partial charge in [-0.2, -0.15) is 0 Å². The molecule has 1 atom stereocenters. The summed E-state index contributed by atoms with van der Waals surface area (Å²) in [7, 11) is 0. The number of nitrogens with zero attached hydrogens (tertiary/aromatic N) is 1. The van der Waals surface area contributed by atoms with Crippen LogP contribution in [0.3, 0.4) is 0 Å². The fraction of sp³-hybridized carbons (Fsp3) is 0.357. The van der Waals surface area contributed by atoms with Crippen molar-refractivity contribution in [3.05, 3.63) is 45.3 Å². The van der Waals surface area contributed by atoms with Gasteiger partial charge in [-0.3, -0.25) is 0 Å². The fourth-order valence-corrected chi connectivity index (χ4v) is 2.95. The molecule has 1 aromatic heterocycles. The quantitative estimate of drug-likeness (QED) is 0.772. The lowest BCUT2D eigenvalue weighted by Crippen LogP contribution is -2.25. The molecule has 102 valence electrons. The van der Waals surface area contributed by atoms with Crippen molar-refractivity contribution in [3.8, 4) is 5.75 Å². The number of halogens is 1. The molecule has 1 unspecified atom stereocenters. The number of hydrogen-bond donors (Lipinski definition) is 1. The van der Waals surface area contributed by atoms with E-state index in [0.717, 1.165) is 28.2 Å². The van der Waals surface area contributed by atoms with Gasteiger partial charge in [0.25, 0.3) is 0 Å². The second kappa shape index (κ2) is 7.62. The summed E-state index contributed by atoms with van der Waals surface area (Å²) in [6.07, 6.45) is 2.88. The van der Waals surface area contributed by atoms with Crippen molar-refractivity contribution < 1.29 is 4.74 Å². The Labute approximate surface area is 126 Å². The summed E-state index contributed by atoms with van der Waals surface area (Å²) >= 11 is 5.12. The molecule has 0 aliphatic heterocycles. The number of nitrogens with one attached hydrogen (secondary N) is 1. The molecule has 1 N–H and O–H groups in total. The van der Waals surface area contributed by atoms with Gasteiger partial charge in [0.1, 0.15) is 17.4 Å². The maximum absolute atomic E-state index is 5.69. The average molecular weight is 341 g/mol. The smallest absolute Gasteiger partial charge is 0.120 e. The molecule has 0 bridgehead atoms. The van der Waals surface area contributed by atoms with Crippen LogP contribution in [0, 0.1) is 0 Å². The molecule has 0 saturated heterocycles. The van der Waals surface area contributed by atoms with Crippen LogP contribution >= 0.6 is 27.3 Å². The van der Waals surface area contributed by atoms with Crippen molar-refractivity contribution in [1.29, 1.82) is 0 Å². The highest BCUT2D eigenvalue weighted by Crippen LogP contribution is 2.19. The highest BCUT2D eigenvalue weighted by Gasteiger charge is 2.10. The highest BCUT2D eigenvalue weighted by atomic mass is 79.9. The van der Waals surface area contributed by atoms with Crippen LogP contribution in [0.1, 0.15) is 24.4 Å². The van der Waals surface area contributed by atoms with Gasteiger partial charge in [-0.05, 0) is 24.6 Å². The zero-order valence-corrected chi connectivity index (χ0v) is 13.2. The van der Waals surface area contributed by atoms with Crippen molar-refractivity contribution in [2.24, 2.45) is 0 Å². The van der Waals surface area contributed by atoms with E-state index in [1.165, 1.54) is 0 Å². The summed E-state index contributed by atoms with van der Waals surface area (Å²) in [6, 6.07) is 8.21. The second-order valence-corrected chi connectivity index (χ2v) is 5.93. The van der Waals surface area contributed by atoms with Crippen LogP contribution in [0.4, 0.5) is 0 Å². The first-order chi connectivity index (χ1) is 9.29. The third-order valence-corrected chi connectivity index (χ3v) is 4.10. The minimum absolute atomic E-state index is 0.325. The SMILES string of the molecule is CCC(NCCOc1cccc(Br)c1)c1nccs1. The molecule has 0 spiro atoms. The summed E-state index contributed by atoms with van der Waals surface area (Å²) in [5.74, 6) is 0.887. The minimum atomic E-state index is 0.325. The van der Waals surface area contributed by atoms with Crippen LogP contribution in [-0.2, 0) is 0 Å². The number of thiazole rings is 1. The Morgan fingerprint density at radius 3 is 3.05 bits per heavy atom. The number of rotatable bonds is 7. The van der Waals surface area contributed by atoms with Gasteiger partial charge in [0.05, 0.1) is 6.04 Å². The van der Waals surface area contributed by atoms with Gasteiger partial charge < -0.3 is 10.1 Å². The van der Waals surface area contributed by atoms with Gasteiger partial charge in [-0.25, -0.2) is 4.98 Å². The van der Waals surface area contributed by atoms with Gasteiger partial charge in [-0.15, -0.1) is 11.3 Å². The monoisotopic (exact) mass is 340 g/mol. The van der Waals surface area contributed by atoms with Crippen LogP contribution in [0.25, 0.3) is 0 Å². The Morgan fingerprint density at radius 1 is 1.47 bits per heavy atom. The predicted octanol–water partition coefficient (Wildman–Crippen LogP) is 4.03. The topological polar surface area (TPSA) is 34.1 Å². The molecule has 0 radical (unpaired) electrons. The van der Waals surface area contributed by atoms with E-state index in [0.29, 0.717) is 12.6 Å². The van der Waals surface area contributed by atoms with Crippen LogP contribution < -0.4 is 10.1 Å². The number of ether oxygens (including phenoxy) is 1. The lowest BCUT2D eigenvalue weighted by Gasteiger charge is -2.14. The van der Waals surface area contributed by atoms with Gasteiger partial charge in [0, 0.05) is 22.6 Å². The maximum atomic E-state index is 5.69. The minimum Gasteiger partial charge on any atom is -0.492 e. The Kier molecular flexibility index (Phi) is 5.82. The molecule has 19 heavy (non-hydrogen) atoms. The van der Waals surface area contributed by atoms with Gasteiger partial charge in [-0.1, -0.05) is 28.9 Å². The molecule has 3 nitrogen and oxygen atoms in total. The van der Waals surface area contributed by atoms with Crippen molar-refractivity contribution in [2.45, 2.75) is 19.4 Å². The molecular formula is C14H17BrN2OS. The Bertz CT molecular complexity index is 490. The van der Waals surface area contributed by atoms with Crippen molar-refractivity contribution in [3.63, 3.8) is 0 Å². The van der Waals surface area contributed by atoms with E-state index >= 15 is 0 Å². The van der Waals surface area contributed by atoms with E-state index < -0.39 is 0 Å². The molecule has 0 fully saturated rings. The predicted molar refractivity (Wildman–Crippen MR) is 82.8 cm³/mol. The zero-order valence-electron chi connectivity index (χ0n) is 10.8. The first-order valence-corrected chi connectivity index (χ1v) is 7.98. The maximum Gasteiger partial charge on any atom is 0.120 e. The van der Waals surface area contributed by atoms with Crippen LogP contribution in [-0.4, -0.2) is 18.1 Å². The second-order valence-electron chi connectivity index (χ2n) is 4.09. The molecule has 0 aliphatic carbocycles. The molecule has 1 aromatic carbocycles. The molecule has 0 amide bonds. The molecule has 2 aromatic rings. The lowest BCUT2D eigenvalue weighted by molar-refractivity contribution is 0.304. The van der Waals surface area contributed by atoms with E-state index in [2.05, 4.69) is 33.2 Å². The Balaban J connectivity index is 1.74. The van der Waals surface area contributed by atoms with Crippen molar-refractivity contribution in [1.82, 2.24) is 10.3 Å². The molecule has 1 heterocycles. The van der Waals surface area contributed by atoms with Gasteiger partial charge in [0.2, 0.25) is 0 Å². The molecule has 2 rings (SSSR count). The average Bonchev–Trinajstić information content (AvgIpc) is 2.93. The van der Waals surface area contributed by atoms with E-state index in [1.807, 2.05) is 35.8 Å². The van der Waals surface area contributed by atoms with Crippen LogP contribution in [0.15, 0.2) is 40.3 Å². The van der Waals surface area contributed by atoms with Crippen LogP contribution in [0.5, 0.6) is 5.75 Å². The largest absolute Gasteiger partial charge is 0.492 e. The number of benzene rings is 1. The van der Waals surface area contributed by atoms with E-state index in [-0.39, 0.29) is 0 Å². The lowest BCUT2D eigenvalue weighted by atomic mass is 10.2. The summed E-state index contributed by atoms with van der Waals surface area (Å²) in [4.78, 5) is 4.34. The molecule has 5 heteroatoms. The van der Waals surface area contributed by atoms with Crippen molar-refractivity contribution >= 4 is 27.3 Å². The van der Waals surface area contributed by atoms with Crippen molar-refractivity contribution in [2.75, 3.05) is 13.2 Å². The van der Waals surface area contributed by atoms with Crippen LogP contribution in [0.2, 0.25) is 0 Å². The Morgan fingerprint density at radius 2 is 2.37 bits per heavy atom. The first kappa shape index (κ1) is 14.5. The van der Waals surface area contributed by atoms with E-state index in [1.54, 1.807) is 11.3 Å². The van der Waals surface area contributed by atoms with Gasteiger partial charge in [0.15, 0.2) is 0 Å². The highest BCUT2D eigenvalue weighted by molar-refractivity contribution is 9.10. The normalized spacial score (nSPS) is 12.3. The van der Waals surface area contributed by atoms with E-state index in [9.17, 15) is 0 Å². The Hall–Kier alpha value is -0.910. The molecule has 0 aliphatic rings. The summed E-state index contributed by atoms with van der Waals surface area (Å²) < 4.78 is 6.72. The van der Waals surface area contributed by atoms with E-state index in [4.69, 9.17) is 4.74 Å². The number of hydrogen-bond acceptors (Lipinski definition) is 4. The fourth-order valence-electron chi connectivity index (χ4n) is 1.77. The number of aromatic nitrogens is 1. The summed E-state index contributed by atoms with van der Waals surface area (Å²) in [6.45, 7) is 3.62. The zero-order chi connectivity index (χ0) is 13.5. The summed E-state index contributed by atoms with van der Waals surface area (Å²) in [5, 5.41) is 6.62. The standard InChI is InChI=1S/C14H17BrN2OS/c1-2-13(14-17-7-9-19-14)16-6-8-18-12-5-3-4-11(15)10-12/h3-5,7,9-10,13,16H,2,6,8H2,1H3. The third kappa shape index (κ3) is 4.60. The first-order valence-electron chi connectivity index (χ1n) is 6.30. The third-order valence-electron chi connectivity index (χ3n) is 2.72. The van der Waals surface area contributed by atoms with Gasteiger partial charge >= 0.3 is 0 Å². The molecule has 0 saturated carbocycles. The summed E-state index contributed by atoms with van der Waals surface area (Å²) in [5.41, 5.74) is 0. The molecular weight excluding hydrogens is 324 g/mol.